The zero-order chi connectivity index (χ0) is 53.8. The summed E-state index contributed by atoms with van der Waals surface area (Å²) in [6.07, 6.45) is -2.07. The molecule has 1 aromatic heterocycles. The molecular formula is C49H56N6O16S2. The van der Waals surface area contributed by atoms with Gasteiger partial charge in [0.15, 0.2) is 0 Å². The van der Waals surface area contributed by atoms with Crippen LogP contribution in [0.3, 0.4) is 0 Å². The fourth-order valence-corrected chi connectivity index (χ4v) is 8.80. The second kappa shape index (κ2) is 27.6. The van der Waals surface area contributed by atoms with E-state index in [1.807, 2.05) is 12.1 Å². The number of carbonyl (C=O) groups is 9. The number of hydrogen-bond donors (Lipinski definition) is 10. The van der Waals surface area contributed by atoms with Crippen molar-refractivity contribution < 1.29 is 76.2 Å². The number of nitrogens with two attached hydrogens (primary N) is 1. The zero-order valence-corrected chi connectivity index (χ0v) is 41.3. The number of carbonyl (C=O) groups excluding carboxylic acids is 6. The largest absolute Gasteiger partial charge is 0.493 e. The molecule has 0 saturated carbocycles. The van der Waals surface area contributed by atoms with Crippen LogP contribution in [0.15, 0.2) is 90.3 Å². The van der Waals surface area contributed by atoms with Crippen LogP contribution in [-0.4, -0.2) is 119 Å². The number of carboxylic acid groups (broad SMARTS) is 3. The molecule has 0 aliphatic carbocycles. The lowest BCUT2D eigenvalue weighted by molar-refractivity contribution is -0.138. The molecule has 73 heavy (non-hydrogen) atoms. The Bertz CT molecular complexity index is 2930. The molecule has 4 unspecified atom stereocenters. The fourth-order valence-electron chi connectivity index (χ4n) is 7.21. The van der Waals surface area contributed by atoms with Crippen molar-refractivity contribution in [2.24, 2.45) is 5.73 Å². The number of carboxylic acids is 3. The molecule has 1 heterocycles. The van der Waals surface area contributed by atoms with Crippen molar-refractivity contribution in [1.82, 2.24) is 26.6 Å². The van der Waals surface area contributed by atoms with E-state index in [9.17, 15) is 61.2 Å². The Kier molecular flexibility index (Phi) is 21.8. The Hall–Kier alpha value is -7.96. The van der Waals surface area contributed by atoms with E-state index in [4.69, 9.17) is 20.7 Å². The molecule has 11 N–H and O–H groups in total. The topological polar surface area (TPSA) is 364 Å². The van der Waals surface area contributed by atoms with Gasteiger partial charge in [-0.1, -0.05) is 79.7 Å². The normalized spacial score (nSPS) is 12.6. The maximum absolute atomic E-state index is 14.1. The van der Waals surface area contributed by atoms with E-state index in [1.165, 1.54) is 35.6 Å². The van der Waals surface area contributed by atoms with Crippen molar-refractivity contribution >= 4 is 95.7 Å². The SMILES string of the molecule is CCC(=O)O.CCOc1ccc2ccccc2c1C(=O)NC(Cc1ccc(CS(=O)(=O)O)cc1)C(=O)NCC(=O)NC(CCC(=O)O)C(=O)NC(Cc1csc2ccccc12)C(=O)NC(CCC(=O)O)C(N)=O. The van der Waals surface area contributed by atoms with Gasteiger partial charge in [-0.3, -0.25) is 47.7 Å². The van der Waals surface area contributed by atoms with E-state index >= 15 is 0 Å². The van der Waals surface area contributed by atoms with Crippen molar-refractivity contribution in [3.63, 3.8) is 0 Å². The molecule has 0 aliphatic heterocycles. The van der Waals surface area contributed by atoms with Crippen molar-refractivity contribution in [3.8, 4) is 5.75 Å². The smallest absolute Gasteiger partial charge is 0.303 e. The molecule has 5 aromatic rings. The molecule has 5 rings (SSSR count). The Balaban J connectivity index is 0.00000220. The van der Waals surface area contributed by atoms with Crippen LogP contribution in [0.25, 0.3) is 20.9 Å². The summed E-state index contributed by atoms with van der Waals surface area (Å²) in [5.74, 6) is -9.26. The van der Waals surface area contributed by atoms with Crippen LogP contribution in [0.4, 0.5) is 0 Å². The number of primary amides is 1. The molecule has 22 nitrogen and oxygen atoms in total. The second-order valence-corrected chi connectivity index (χ2v) is 18.7. The Morgan fingerprint density at radius 1 is 0.644 bits per heavy atom. The molecule has 0 saturated heterocycles. The number of thiophene rings is 1. The molecule has 0 fully saturated rings. The summed E-state index contributed by atoms with van der Waals surface area (Å²) < 4.78 is 38.8. The van der Waals surface area contributed by atoms with Gasteiger partial charge in [-0.05, 0) is 70.1 Å². The van der Waals surface area contributed by atoms with Crippen molar-refractivity contribution in [2.45, 2.75) is 88.7 Å². The summed E-state index contributed by atoms with van der Waals surface area (Å²) in [6, 6.07) is 17.6. The summed E-state index contributed by atoms with van der Waals surface area (Å²) in [5.41, 5.74) is 6.89. The van der Waals surface area contributed by atoms with Crippen LogP contribution < -0.4 is 37.1 Å². The molecule has 6 amide bonds. The number of ether oxygens (including phenoxy) is 1. The van der Waals surface area contributed by atoms with E-state index in [-0.39, 0.29) is 49.2 Å². The average molecular weight is 1050 g/mol. The number of nitrogens with one attached hydrogen (secondary N) is 5. The minimum Gasteiger partial charge on any atom is -0.493 e. The van der Waals surface area contributed by atoms with Crippen LogP contribution in [0.1, 0.15) is 73.0 Å². The van der Waals surface area contributed by atoms with Gasteiger partial charge in [-0.15, -0.1) is 11.3 Å². The Labute approximate surface area is 422 Å². The molecule has 4 atom stereocenters. The first-order valence-corrected chi connectivity index (χ1v) is 25.1. The van der Waals surface area contributed by atoms with Gasteiger partial charge in [0, 0.05) is 36.8 Å². The standard InChI is InChI=1S/C46H50N6O14S2.C3H6O2/c1-2-66-36-18-15-28-7-3-4-9-31(28)41(36)46(62)52-34(21-26-11-13-27(14-12-26)25-68(63,64)65)43(59)48-23-38(53)49-33(17-20-40(56)57)44(60)51-35(22-29-24-67-37-10-6-5-8-30(29)37)45(61)50-32(42(47)58)16-19-39(54)55;1-2-3(4)5/h3-15,18,24,32-35H,2,16-17,19-23,25H2,1H3,(H2,47,58)(H,48,59)(H,49,53)(H,50,61)(H,51,60)(H,52,62)(H,54,55)(H,56,57)(H,63,64,65);2H2,1H3,(H,4,5). The van der Waals surface area contributed by atoms with Crippen molar-refractivity contribution in [2.75, 3.05) is 13.2 Å². The van der Waals surface area contributed by atoms with E-state index in [1.54, 1.807) is 67.8 Å². The van der Waals surface area contributed by atoms with Gasteiger partial charge in [0.05, 0.1) is 18.7 Å². The van der Waals surface area contributed by atoms with Gasteiger partial charge in [-0.25, -0.2) is 0 Å². The van der Waals surface area contributed by atoms with E-state index < -0.39 is 119 Å². The molecule has 0 bridgehead atoms. The summed E-state index contributed by atoms with van der Waals surface area (Å²) in [7, 11) is -4.35. The second-order valence-electron chi connectivity index (χ2n) is 16.3. The monoisotopic (exact) mass is 1050 g/mol. The zero-order valence-electron chi connectivity index (χ0n) is 39.6. The van der Waals surface area contributed by atoms with Crippen LogP contribution in [0.2, 0.25) is 0 Å². The van der Waals surface area contributed by atoms with Gasteiger partial charge >= 0.3 is 17.9 Å². The number of amides is 6. The number of rotatable bonds is 26. The van der Waals surface area contributed by atoms with Crippen LogP contribution in [0.5, 0.6) is 5.75 Å². The van der Waals surface area contributed by atoms with E-state index in [0.29, 0.717) is 21.9 Å². The lowest BCUT2D eigenvalue weighted by atomic mass is 10.0. The third kappa shape index (κ3) is 18.6. The van der Waals surface area contributed by atoms with Gasteiger partial charge in [0.2, 0.25) is 29.5 Å². The van der Waals surface area contributed by atoms with Crippen LogP contribution in [0, 0.1) is 0 Å². The van der Waals surface area contributed by atoms with Crippen molar-refractivity contribution in [3.05, 3.63) is 113 Å². The average Bonchev–Trinajstić information content (AvgIpc) is 3.75. The molecule has 0 radical (unpaired) electrons. The summed E-state index contributed by atoms with van der Waals surface area (Å²) in [6.45, 7) is 2.75. The number of fused-ring (bicyclic) bond motifs is 2. The van der Waals surface area contributed by atoms with Crippen LogP contribution >= 0.6 is 11.3 Å². The molecule has 390 valence electrons. The van der Waals surface area contributed by atoms with Gasteiger partial charge in [0.1, 0.15) is 35.7 Å². The lowest BCUT2D eigenvalue weighted by Gasteiger charge is -2.25. The third-order valence-corrected chi connectivity index (χ3v) is 12.5. The summed E-state index contributed by atoms with van der Waals surface area (Å²) >= 11 is 1.36. The predicted molar refractivity (Wildman–Crippen MR) is 267 cm³/mol. The maximum atomic E-state index is 14.1. The Morgan fingerprint density at radius 2 is 1.21 bits per heavy atom. The first-order chi connectivity index (χ1) is 34.6. The Morgan fingerprint density at radius 3 is 1.81 bits per heavy atom. The van der Waals surface area contributed by atoms with E-state index in [2.05, 4.69) is 26.6 Å². The van der Waals surface area contributed by atoms with Crippen LogP contribution in [-0.2, 0) is 67.1 Å². The van der Waals surface area contributed by atoms with Gasteiger partial charge < -0.3 is 52.4 Å². The van der Waals surface area contributed by atoms with Crippen molar-refractivity contribution in [1.29, 1.82) is 0 Å². The highest BCUT2D eigenvalue weighted by molar-refractivity contribution is 7.85. The van der Waals surface area contributed by atoms with E-state index in [0.717, 1.165) is 10.1 Å². The maximum Gasteiger partial charge on any atom is 0.303 e. The minimum atomic E-state index is -4.35. The number of benzene rings is 4. The third-order valence-electron chi connectivity index (χ3n) is 10.8. The first kappa shape index (κ1) is 57.6. The molecule has 24 heteroatoms. The molecule has 4 aromatic carbocycles. The number of aliphatic carboxylic acids is 3. The van der Waals surface area contributed by atoms with Gasteiger partial charge in [-0.2, -0.15) is 8.42 Å². The predicted octanol–water partition coefficient (Wildman–Crippen LogP) is 2.69. The lowest BCUT2D eigenvalue weighted by Crippen LogP contribution is -2.57. The van der Waals surface area contributed by atoms with Gasteiger partial charge in [0.25, 0.3) is 16.0 Å². The molecular weight excluding hydrogens is 993 g/mol. The quantitative estimate of drug-likeness (QED) is 0.0356. The summed E-state index contributed by atoms with van der Waals surface area (Å²) in [5, 5.41) is 42.6. The minimum absolute atomic E-state index is 0.126. The molecule has 0 aliphatic rings. The first-order valence-electron chi connectivity index (χ1n) is 22.6. The fraction of sp³-hybridized carbons (Fsp3) is 0.327. The molecule has 0 spiro atoms. The highest BCUT2D eigenvalue weighted by Crippen LogP contribution is 2.29. The highest BCUT2D eigenvalue weighted by atomic mass is 32.2. The summed E-state index contributed by atoms with van der Waals surface area (Å²) in [4.78, 5) is 114. The number of hydrogen-bond acceptors (Lipinski definition) is 13. The highest BCUT2D eigenvalue weighted by Gasteiger charge is 2.32.